The van der Waals surface area contributed by atoms with Crippen molar-refractivity contribution in [1.82, 2.24) is 14.3 Å². The van der Waals surface area contributed by atoms with Gasteiger partial charge in [0.15, 0.2) is 0 Å². The number of piperidine rings is 1. The molecule has 2 aliphatic rings. The van der Waals surface area contributed by atoms with Crippen LogP contribution in [0.25, 0.3) is 0 Å². The van der Waals surface area contributed by atoms with E-state index < -0.39 is 10.0 Å². The number of rotatable bonds is 5. The minimum absolute atomic E-state index is 0.0451. The fourth-order valence-corrected chi connectivity index (χ4v) is 4.98. The van der Waals surface area contributed by atoms with Crippen molar-refractivity contribution in [2.24, 2.45) is 11.8 Å². The van der Waals surface area contributed by atoms with Crippen LogP contribution < -0.4 is 4.90 Å². The maximum absolute atomic E-state index is 12.1. The maximum Gasteiger partial charge on any atom is 0.225 e. The average molecular weight is 336 g/mol. The van der Waals surface area contributed by atoms with E-state index in [1.807, 2.05) is 6.07 Å². The molecule has 126 valence electrons. The predicted molar refractivity (Wildman–Crippen MR) is 90.6 cm³/mol. The molecule has 0 saturated carbocycles. The molecule has 1 aromatic rings. The Labute approximate surface area is 138 Å². The Balaban J connectivity index is 1.54. The Kier molecular flexibility index (Phi) is 4.96. The van der Waals surface area contributed by atoms with Crippen LogP contribution in [0, 0.1) is 11.8 Å². The number of sulfonamides is 1. The number of aromatic nitrogens is 2. The lowest BCUT2D eigenvalue weighted by molar-refractivity contribution is 0.282. The summed E-state index contributed by atoms with van der Waals surface area (Å²) in [5.41, 5.74) is 0. The second kappa shape index (κ2) is 6.97. The zero-order valence-corrected chi connectivity index (χ0v) is 14.2. The molecule has 3 rings (SSSR count). The van der Waals surface area contributed by atoms with E-state index in [4.69, 9.17) is 0 Å². The molecule has 7 heteroatoms. The summed E-state index contributed by atoms with van der Waals surface area (Å²) in [5.74, 6) is 1.92. The summed E-state index contributed by atoms with van der Waals surface area (Å²) in [6, 6.07) is 1.83. The summed E-state index contributed by atoms with van der Waals surface area (Å²) in [6.45, 7) is 6.76. The minimum atomic E-state index is -3.15. The number of anilines is 1. The van der Waals surface area contributed by atoms with Gasteiger partial charge in [0.25, 0.3) is 0 Å². The Morgan fingerprint density at radius 3 is 2.43 bits per heavy atom. The topological polar surface area (TPSA) is 66.4 Å². The van der Waals surface area contributed by atoms with Crippen LogP contribution in [-0.2, 0) is 10.0 Å². The van der Waals surface area contributed by atoms with E-state index in [-0.39, 0.29) is 5.75 Å². The number of hydrogen-bond acceptors (Lipinski definition) is 5. The van der Waals surface area contributed by atoms with Gasteiger partial charge in [0.2, 0.25) is 16.0 Å². The molecule has 1 aromatic heterocycles. The molecule has 0 bridgehead atoms. The molecule has 0 radical (unpaired) electrons. The largest absolute Gasteiger partial charge is 0.341 e. The SMILES string of the molecule is C=CCS(=O)(=O)N1CC[C@@H](C2CCN(c3ncccn3)CC2)C1. The van der Waals surface area contributed by atoms with Crippen LogP contribution in [0.3, 0.4) is 0 Å². The molecule has 0 aliphatic carbocycles. The monoisotopic (exact) mass is 336 g/mol. The maximum atomic E-state index is 12.1. The van der Waals surface area contributed by atoms with Gasteiger partial charge in [0.1, 0.15) is 0 Å². The summed E-state index contributed by atoms with van der Waals surface area (Å²) >= 11 is 0. The number of nitrogens with zero attached hydrogens (tertiary/aromatic N) is 4. The van der Waals surface area contributed by atoms with Crippen LogP contribution >= 0.6 is 0 Å². The molecule has 0 spiro atoms. The van der Waals surface area contributed by atoms with Gasteiger partial charge in [-0.3, -0.25) is 0 Å². The van der Waals surface area contributed by atoms with E-state index in [0.717, 1.165) is 38.3 Å². The van der Waals surface area contributed by atoms with Crippen molar-refractivity contribution < 1.29 is 8.42 Å². The van der Waals surface area contributed by atoms with Crippen LogP contribution in [-0.4, -0.2) is 54.6 Å². The minimum Gasteiger partial charge on any atom is -0.341 e. The molecule has 2 aliphatic heterocycles. The van der Waals surface area contributed by atoms with Crippen molar-refractivity contribution >= 4 is 16.0 Å². The summed E-state index contributed by atoms with van der Waals surface area (Å²) in [7, 11) is -3.15. The normalized spacial score (nSPS) is 24.0. The zero-order chi connectivity index (χ0) is 16.3. The zero-order valence-electron chi connectivity index (χ0n) is 13.3. The van der Waals surface area contributed by atoms with Gasteiger partial charge in [-0.1, -0.05) is 6.08 Å². The van der Waals surface area contributed by atoms with Crippen molar-refractivity contribution in [1.29, 1.82) is 0 Å². The molecule has 0 unspecified atom stereocenters. The molecular formula is C16H24N4O2S. The van der Waals surface area contributed by atoms with E-state index in [9.17, 15) is 8.42 Å². The molecule has 2 fully saturated rings. The van der Waals surface area contributed by atoms with Gasteiger partial charge in [-0.25, -0.2) is 22.7 Å². The fraction of sp³-hybridized carbons (Fsp3) is 0.625. The molecule has 0 aromatic carbocycles. The van der Waals surface area contributed by atoms with Crippen LogP contribution in [0.2, 0.25) is 0 Å². The Bertz CT molecular complexity index is 627. The molecule has 3 heterocycles. The van der Waals surface area contributed by atoms with Gasteiger partial charge in [0, 0.05) is 38.6 Å². The van der Waals surface area contributed by atoms with Gasteiger partial charge in [0.05, 0.1) is 5.75 Å². The highest BCUT2D eigenvalue weighted by Gasteiger charge is 2.36. The first-order valence-corrected chi connectivity index (χ1v) is 9.82. The fourth-order valence-electron chi connectivity index (χ4n) is 3.67. The van der Waals surface area contributed by atoms with Crippen molar-refractivity contribution in [3.05, 3.63) is 31.1 Å². The molecular weight excluding hydrogens is 312 g/mol. The van der Waals surface area contributed by atoms with Gasteiger partial charge in [-0.2, -0.15) is 0 Å². The van der Waals surface area contributed by atoms with Crippen molar-refractivity contribution in [2.45, 2.75) is 19.3 Å². The third-order valence-electron chi connectivity index (χ3n) is 4.95. The van der Waals surface area contributed by atoms with Gasteiger partial charge < -0.3 is 4.90 Å². The lowest BCUT2D eigenvalue weighted by atomic mass is 9.84. The molecule has 2 saturated heterocycles. The van der Waals surface area contributed by atoms with Gasteiger partial charge in [-0.15, -0.1) is 6.58 Å². The van der Waals surface area contributed by atoms with E-state index >= 15 is 0 Å². The average Bonchev–Trinajstić information content (AvgIpc) is 3.07. The first-order chi connectivity index (χ1) is 11.1. The third kappa shape index (κ3) is 3.72. The standard InChI is InChI=1S/C16H24N4O2S/c1-2-12-23(21,22)20-11-6-15(13-20)14-4-9-19(10-5-14)16-17-7-3-8-18-16/h2-3,7-8,14-15H,1,4-6,9-13H2/t15-/m1/s1. The highest BCUT2D eigenvalue weighted by molar-refractivity contribution is 7.89. The van der Waals surface area contributed by atoms with Crippen LogP contribution in [0.15, 0.2) is 31.1 Å². The Hall–Kier alpha value is -1.47. The van der Waals surface area contributed by atoms with Gasteiger partial charge in [-0.05, 0) is 37.2 Å². The Morgan fingerprint density at radius 1 is 1.13 bits per heavy atom. The number of hydrogen-bond donors (Lipinski definition) is 0. The molecule has 1 atom stereocenters. The van der Waals surface area contributed by atoms with Gasteiger partial charge >= 0.3 is 0 Å². The lowest BCUT2D eigenvalue weighted by Gasteiger charge is -2.34. The second-order valence-electron chi connectivity index (χ2n) is 6.35. The van der Waals surface area contributed by atoms with Crippen molar-refractivity contribution in [3.63, 3.8) is 0 Å². The van der Waals surface area contributed by atoms with Crippen LogP contribution in [0.1, 0.15) is 19.3 Å². The predicted octanol–water partition coefficient (Wildman–Crippen LogP) is 1.53. The summed E-state index contributed by atoms with van der Waals surface area (Å²) in [5, 5.41) is 0. The summed E-state index contributed by atoms with van der Waals surface area (Å²) < 4.78 is 25.9. The van der Waals surface area contributed by atoms with E-state index in [1.54, 1.807) is 16.7 Å². The molecule has 0 amide bonds. The smallest absolute Gasteiger partial charge is 0.225 e. The van der Waals surface area contributed by atoms with Crippen molar-refractivity contribution in [2.75, 3.05) is 36.8 Å². The first-order valence-electron chi connectivity index (χ1n) is 8.21. The van der Waals surface area contributed by atoms with Crippen LogP contribution in [0.4, 0.5) is 5.95 Å². The Morgan fingerprint density at radius 2 is 1.78 bits per heavy atom. The first kappa shape index (κ1) is 16.4. The second-order valence-corrected chi connectivity index (χ2v) is 8.36. The highest BCUT2D eigenvalue weighted by Crippen LogP contribution is 2.33. The third-order valence-corrected chi connectivity index (χ3v) is 6.73. The van der Waals surface area contributed by atoms with E-state index in [2.05, 4.69) is 21.4 Å². The molecule has 0 N–H and O–H groups in total. The summed E-state index contributed by atoms with van der Waals surface area (Å²) in [4.78, 5) is 10.8. The highest BCUT2D eigenvalue weighted by atomic mass is 32.2. The summed E-state index contributed by atoms with van der Waals surface area (Å²) in [6.07, 6.45) is 8.15. The quantitative estimate of drug-likeness (QED) is 0.763. The van der Waals surface area contributed by atoms with Crippen molar-refractivity contribution in [3.8, 4) is 0 Å². The van der Waals surface area contributed by atoms with Crippen LogP contribution in [0.5, 0.6) is 0 Å². The van der Waals surface area contributed by atoms with E-state index in [1.165, 1.54) is 6.08 Å². The molecule has 6 nitrogen and oxygen atoms in total. The lowest BCUT2D eigenvalue weighted by Crippen LogP contribution is -2.38. The van der Waals surface area contributed by atoms with E-state index in [0.29, 0.717) is 24.9 Å². The molecule has 23 heavy (non-hydrogen) atoms.